The van der Waals surface area contributed by atoms with Crippen LogP contribution >= 0.6 is 0 Å². The van der Waals surface area contributed by atoms with Crippen LogP contribution in [0.1, 0.15) is 12.1 Å². The Morgan fingerprint density at radius 3 is 3.06 bits per heavy atom. The van der Waals surface area contributed by atoms with Crippen molar-refractivity contribution in [2.45, 2.75) is 26.1 Å². The Balaban J connectivity index is 1.65. The molecule has 7 heteroatoms. The highest BCUT2D eigenvalue weighted by Crippen LogP contribution is 1.94. The van der Waals surface area contributed by atoms with Crippen molar-refractivity contribution in [3.63, 3.8) is 0 Å². The van der Waals surface area contributed by atoms with Crippen LogP contribution < -0.4 is 5.32 Å². The summed E-state index contributed by atoms with van der Waals surface area (Å²) in [4.78, 5) is 3.98. The molecule has 0 bridgehead atoms. The number of hydrogen-bond donors (Lipinski definition) is 2. The highest BCUT2D eigenvalue weighted by Gasteiger charge is 1.99. The van der Waals surface area contributed by atoms with Crippen molar-refractivity contribution in [3.05, 3.63) is 30.6 Å². The quantitative estimate of drug-likeness (QED) is 0.626. The van der Waals surface area contributed by atoms with Crippen molar-refractivity contribution in [2.75, 3.05) is 13.2 Å². The van der Waals surface area contributed by atoms with Crippen LogP contribution in [0.25, 0.3) is 0 Å². The lowest BCUT2D eigenvalue weighted by atomic mass is 10.4. The maximum Gasteiger partial charge on any atom is 0.0964 e. The van der Waals surface area contributed by atoms with Gasteiger partial charge in [-0.15, -0.1) is 5.10 Å². The van der Waals surface area contributed by atoms with Crippen LogP contribution in [0, 0.1) is 0 Å². The lowest BCUT2D eigenvalue weighted by Gasteiger charge is -2.02. The molecular formula is C11H18N6O. The maximum atomic E-state index is 8.72. The summed E-state index contributed by atoms with van der Waals surface area (Å²) in [6, 6.07) is 0. The molecule has 7 nitrogen and oxygen atoms in total. The van der Waals surface area contributed by atoms with Crippen LogP contribution in [0.5, 0.6) is 0 Å². The van der Waals surface area contributed by atoms with Gasteiger partial charge in [0.25, 0.3) is 0 Å². The van der Waals surface area contributed by atoms with Crippen LogP contribution in [0.3, 0.4) is 0 Å². The SMILES string of the molecule is OCCCn1cc(CNCCn2ccnc2)nn1. The molecule has 2 N–H and O–H groups in total. The first kappa shape index (κ1) is 12.7. The predicted molar refractivity (Wildman–Crippen MR) is 65.7 cm³/mol. The summed E-state index contributed by atoms with van der Waals surface area (Å²) in [5, 5.41) is 20.0. The van der Waals surface area contributed by atoms with Crippen LogP contribution in [0.4, 0.5) is 0 Å². The van der Waals surface area contributed by atoms with Crippen LogP contribution in [-0.4, -0.2) is 42.8 Å². The molecule has 0 aliphatic heterocycles. The highest BCUT2D eigenvalue weighted by molar-refractivity contribution is 4.91. The van der Waals surface area contributed by atoms with Crippen LogP contribution in [0.2, 0.25) is 0 Å². The Bertz CT molecular complexity index is 438. The average Bonchev–Trinajstić information content (AvgIpc) is 3.04. The van der Waals surface area contributed by atoms with Gasteiger partial charge >= 0.3 is 0 Å². The zero-order valence-electron chi connectivity index (χ0n) is 10.2. The number of aromatic nitrogens is 5. The van der Waals surface area contributed by atoms with Crippen molar-refractivity contribution < 1.29 is 5.11 Å². The molecule has 2 rings (SSSR count). The third-order valence-electron chi connectivity index (χ3n) is 2.54. The Labute approximate surface area is 105 Å². The lowest BCUT2D eigenvalue weighted by molar-refractivity contribution is 0.276. The number of nitrogens with one attached hydrogen (secondary N) is 1. The van der Waals surface area contributed by atoms with E-state index in [0.717, 1.165) is 18.8 Å². The van der Waals surface area contributed by atoms with E-state index in [1.165, 1.54) is 0 Å². The van der Waals surface area contributed by atoms with Gasteiger partial charge in [-0.25, -0.2) is 4.98 Å². The molecule has 0 atom stereocenters. The third-order valence-corrected chi connectivity index (χ3v) is 2.54. The van der Waals surface area contributed by atoms with E-state index in [4.69, 9.17) is 5.11 Å². The molecule has 0 aliphatic carbocycles. The van der Waals surface area contributed by atoms with Gasteiger partial charge in [-0.2, -0.15) is 0 Å². The Morgan fingerprint density at radius 2 is 2.28 bits per heavy atom. The van der Waals surface area contributed by atoms with Gasteiger partial charge in [0.1, 0.15) is 0 Å². The molecule has 0 unspecified atom stereocenters. The molecule has 18 heavy (non-hydrogen) atoms. The topological polar surface area (TPSA) is 80.8 Å². The predicted octanol–water partition coefficient (Wildman–Crippen LogP) is -0.353. The largest absolute Gasteiger partial charge is 0.396 e. The van der Waals surface area contributed by atoms with Gasteiger partial charge in [0.05, 0.1) is 12.0 Å². The minimum absolute atomic E-state index is 0.179. The Hall–Kier alpha value is -1.73. The van der Waals surface area contributed by atoms with E-state index >= 15 is 0 Å². The minimum atomic E-state index is 0.179. The van der Waals surface area contributed by atoms with E-state index in [1.807, 2.05) is 17.0 Å². The van der Waals surface area contributed by atoms with Gasteiger partial charge in [0, 0.05) is 51.4 Å². The first-order valence-electron chi connectivity index (χ1n) is 6.05. The molecule has 0 saturated carbocycles. The fourth-order valence-corrected chi connectivity index (χ4v) is 1.61. The first-order chi connectivity index (χ1) is 8.88. The standard InChI is InChI=1S/C11H18N6O/c18-7-1-4-17-9-11(14-15-17)8-12-2-5-16-6-3-13-10-16/h3,6,9-10,12,18H,1-2,4-5,7-8H2. The van der Waals surface area contributed by atoms with E-state index in [9.17, 15) is 0 Å². The zero-order chi connectivity index (χ0) is 12.6. The monoisotopic (exact) mass is 250 g/mol. The normalized spacial score (nSPS) is 10.9. The number of aryl methyl sites for hydroxylation is 1. The molecular weight excluding hydrogens is 232 g/mol. The fraction of sp³-hybridized carbons (Fsp3) is 0.545. The summed E-state index contributed by atoms with van der Waals surface area (Å²) in [6.07, 6.45) is 8.11. The highest BCUT2D eigenvalue weighted by atomic mass is 16.3. The molecule has 0 spiro atoms. The van der Waals surface area contributed by atoms with Gasteiger partial charge in [-0.1, -0.05) is 5.21 Å². The van der Waals surface area contributed by atoms with Gasteiger partial charge in [0.2, 0.25) is 0 Å². The van der Waals surface area contributed by atoms with Crippen LogP contribution in [0.15, 0.2) is 24.9 Å². The number of aliphatic hydroxyl groups is 1. The van der Waals surface area contributed by atoms with Gasteiger partial charge < -0.3 is 15.0 Å². The number of rotatable bonds is 8. The molecule has 0 radical (unpaired) electrons. The van der Waals surface area contributed by atoms with Crippen molar-refractivity contribution in [2.24, 2.45) is 0 Å². The summed E-state index contributed by atoms with van der Waals surface area (Å²) < 4.78 is 3.77. The van der Waals surface area contributed by atoms with Crippen LogP contribution in [-0.2, 0) is 19.6 Å². The van der Waals surface area contributed by atoms with E-state index in [-0.39, 0.29) is 6.61 Å². The molecule has 0 aromatic carbocycles. The third kappa shape index (κ3) is 3.94. The molecule has 0 saturated heterocycles. The Morgan fingerprint density at radius 1 is 1.33 bits per heavy atom. The van der Waals surface area contributed by atoms with Crippen molar-refractivity contribution >= 4 is 0 Å². The molecule has 2 heterocycles. The average molecular weight is 250 g/mol. The Kier molecular flexibility index (Phi) is 4.86. The van der Waals surface area contributed by atoms with Gasteiger partial charge in [-0.05, 0) is 6.42 Å². The second-order valence-corrected chi connectivity index (χ2v) is 4.03. The summed E-state index contributed by atoms with van der Waals surface area (Å²) in [7, 11) is 0. The first-order valence-corrected chi connectivity index (χ1v) is 6.05. The van der Waals surface area contributed by atoms with E-state index in [1.54, 1.807) is 17.2 Å². The maximum absolute atomic E-state index is 8.72. The van der Waals surface area contributed by atoms with Crippen molar-refractivity contribution in [1.29, 1.82) is 0 Å². The van der Waals surface area contributed by atoms with Crippen molar-refractivity contribution in [3.8, 4) is 0 Å². The second kappa shape index (κ2) is 6.87. The summed E-state index contributed by atoms with van der Waals surface area (Å²) in [5.41, 5.74) is 0.915. The molecule has 0 fully saturated rings. The zero-order valence-corrected chi connectivity index (χ0v) is 10.2. The summed E-state index contributed by atoms with van der Waals surface area (Å²) in [6.45, 7) is 3.34. The van der Waals surface area contributed by atoms with E-state index in [0.29, 0.717) is 19.5 Å². The van der Waals surface area contributed by atoms with E-state index in [2.05, 4.69) is 20.6 Å². The summed E-state index contributed by atoms with van der Waals surface area (Å²) >= 11 is 0. The second-order valence-electron chi connectivity index (χ2n) is 4.03. The molecule has 98 valence electrons. The lowest BCUT2D eigenvalue weighted by Crippen LogP contribution is -2.19. The molecule has 0 amide bonds. The van der Waals surface area contributed by atoms with E-state index < -0.39 is 0 Å². The van der Waals surface area contributed by atoms with Gasteiger partial charge in [-0.3, -0.25) is 4.68 Å². The number of nitrogens with zero attached hydrogens (tertiary/aromatic N) is 5. The molecule has 2 aromatic rings. The summed E-state index contributed by atoms with van der Waals surface area (Å²) in [5.74, 6) is 0. The molecule has 0 aliphatic rings. The number of imidazole rings is 1. The minimum Gasteiger partial charge on any atom is -0.396 e. The van der Waals surface area contributed by atoms with Gasteiger partial charge in [0.15, 0.2) is 0 Å². The number of aliphatic hydroxyl groups excluding tert-OH is 1. The fourth-order valence-electron chi connectivity index (χ4n) is 1.61. The number of hydrogen-bond acceptors (Lipinski definition) is 5. The molecule has 2 aromatic heterocycles. The van der Waals surface area contributed by atoms with Crippen molar-refractivity contribution in [1.82, 2.24) is 29.9 Å². The smallest absolute Gasteiger partial charge is 0.0964 e.